The number of hydrogen-bond donors (Lipinski definition) is 3. The molecule has 0 saturated carbocycles. The first-order valence-electron chi connectivity index (χ1n) is 3.24. The molecule has 1 radical (unpaired) electrons. The van der Waals surface area contributed by atoms with Crippen LogP contribution < -0.4 is 16.8 Å². The van der Waals surface area contributed by atoms with Gasteiger partial charge in [0.25, 0.3) is 0 Å². The van der Waals surface area contributed by atoms with Crippen molar-refractivity contribution in [2.24, 2.45) is 11.5 Å². The van der Waals surface area contributed by atoms with E-state index < -0.39 is 17.9 Å². The monoisotopic (exact) mass is 172 g/mol. The first-order chi connectivity index (χ1) is 5.57. The molecule has 1 atom stereocenters. The summed E-state index contributed by atoms with van der Waals surface area (Å²) in [5.41, 5.74) is 10.00. The Kier molecular flexibility index (Phi) is 4.62. The fourth-order valence-electron chi connectivity index (χ4n) is 0.564. The van der Waals surface area contributed by atoms with Crippen LogP contribution >= 0.6 is 0 Å². The first-order valence-corrected chi connectivity index (χ1v) is 3.24. The number of primary amides is 1. The predicted octanol–water partition coefficient (Wildman–Crippen LogP) is -2.58. The number of hydrogen-bond acceptors (Lipinski definition) is 4. The second-order valence-corrected chi connectivity index (χ2v) is 2.14. The highest BCUT2D eigenvalue weighted by molar-refractivity contribution is 5.88. The van der Waals surface area contributed by atoms with Gasteiger partial charge >= 0.3 is 0 Å². The van der Waals surface area contributed by atoms with Gasteiger partial charge in [0.1, 0.15) is 0 Å². The van der Waals surface area contributed by atoms with Gasteiger partial charge < -0.3 is 16.8 Å². The van der Waals surface area contributed by atoms with E-state index in [4.69, 9.17) is 11.5 Å². The standard InChI is InChI=1S/C6H10N3O3/c7-4(3-5(8)11)6(12)9-1-2-10/h4H,1,3,7H2,(H2,8,11)(H,9,12)/t4-/m0/s1. The molecule has 0 aromatic rings. The van der Waals surface area contributed by atoms with E-state index >= 15 is 0 Å². The van der Waals surface area contributed by atoms with Crippen LogP contribution in [0.1, 0.15) is 6.42 Å². The minimum Gasteiger partial charge on any atom is -0.370 e. The molecule has 0 unspecified atom stereocenters. The molecule has 0 aliphatic heterocycles. The molecule has 67 valence electrons. The van der Waals surface area contributed by atoms with E-state index in [2.05, 4.69) is 5.32 Å². The fraction of sp³-hybridized carbons (Fsp3) is 0.500. The van der Waals surface area contributed by atoms with E-state index in [1.807, 2.05) is 0 Å². The van der Waals surface area contributed by atoms with Crippen LogP contribution in [0.5, 0.6) is 0 Å². The Morgan fingerprint density at radius 3 is 2.50 bits per heavy atom. The molecule has 0 spiro atoms. The molecular weight excluding hydrogens is 162 g/mol. The molecule has 2 amide bonds. The van der Waals surface area contributed by atoms with Gasteiger partial charge in [0.2, 0.25) is 18.1 Å². The molecule has 6 nitrogen and oxygen atoms in total. The predicted molar refractivity (Wildman–Crippen MR) is 40.5 cm³/mol. The summed E-state index contributed by atoms with van der Waals surface area (Å²) in [6.45, 7) is -0.231. The van der Waals surface area contributed by atoms with E-state index in [9.17, 15) is 14.4 Å². The van der Waals surface area contributed by atoms with E-state index in [0.29, 0.717) is 0 Å². The SMILES string of the molecule is NC(=O)C[C@H](N)C(=O)NC[C]=O. The zero-order chi connectivity index (χ0) is 9.56. The Labute approximate surface area is 69.3 Å². The molecule has 0 rings (SSSR count). The number of rotatable bonds is 5. The zero-order valence-corrected chi connectivity index (χ0v) is 6.37. The summed E-state index contributed by atoms with van der Waals surface area (Å²) < 4.78 is 0. The summed E-state index contributed by atoms with van der Waals surface area (Å²) in [5.74, 6) is -1.25. The topological polar surface area (TPSA) is 115 Å². The molecule has 0 heterocycles. The number of nitrogens with two attached hydrogens (primary N) is 2. The molecule has 0 fully saturated rings. The molecular formula is C6H10N3O3. The molecule has 12 heavy (non-hydrogen) atoms. The highest BCUT2D eigenvalue weighted by Gasteiger charge is 2.14. The van der Waals surface area contributed by atoms with Crippen molar-refractivity contribution < 1.29 is 14.4 Å². The van der Waals surface area contributed by atoms with Crippen LogP contribution in [0.25, 0.3) is 0 Å². The van der Waals surface area contributed by atoms with Crippen molar-refractivity contribution in [3.05, 3.63) is 0 Å². The molecule has 6 heteroatoms. The van der Waals surface area contributed by atoms with Gasteiger partial charge in [-0.2, -0.15) is 0 Å². The lowest BCUT2D eigenvalue weighted by atomic mass is 10.2. The van der Waals surface area contributed by atoms with Crippen molar-refractivity contribution in [3.63, 3.8) is 0 Å². The van der Waals surface area contributed by atoms with Crippen LogP contribution in [0.15, 0.2) is 0 Å². The second kappa shape index (κ2) is 5.25. The van der Waals surface area contributed by atoms with Crippen molar-refractivity contribution in [3.8, 4) is 0 Å². The molecule has 5 N–H and O–H groups in total. The summed E-state index contributed by atoms with van der Waals surface area (Å²) in [6.07, 6.45) is 1.22. The Hall–Kier alpha value is -1.43. The van der Waals surface area contributed by atoms with Crippen molar-refractivity contribution >= 4 is 18.1 Å². The van der Waals surface area contributed by atoms with E-state index in [1.165, 1.54) is 6.29 Å². The lowest BCUT2D eigenvalue weighted by Gasteiger charge is -2.07. The van der Waals surface area contributed by atoms with Gasteiger partial charge in [-0.05, 0) is 0 Å². The third-order valence-electron chi connectivity index (χ3n) is 1.09. The summed E-state index contributed by atoms with van der Waals surface area (Å²) in [5, 5.41) is 2.14. The first kappa shape index (κ1) is 10.6. The fourth-order valence-corrected chi connectivity index (χ4v) is 0.564. The van der Waals surface area contributed by atoms with Gasteiger partial charge in [-0.3, -0.25) is 14.4 Å². The smallest absolute Gasteiger partial charge is 0.237 e. The lowest BCUT2D eigenvalue weighted by molar-refractivity contribution is -0.126. The molecule has 0 aromatic heterocycles. The maximum atomic E-state index is 10.8. The molecule has 0 aliphatic rings. The van der Waals surface area contributed by atoms with Gasteiger partial charge in [-0.1, -0.05) is 0 Å². The van der Waals surface area contributed by atoms with E-state index in [-0.39, 0.29) is 13.0 Å². The van der Waals surface area contributed by atoms with Gasteiger partial charge in [-0.25, -0.2) is 0 Å². The molecule has 0 aliphatic carbocycles. The van der Waals surface area contributed by atoms with E-state index in [0.717, 1.165) is 0 Å². The zero-order valence-electron chi connectivity index (χ0n) is 6.37. The number of amides is 2. The van der Waals surface area contributed by atoms with Crippen molar-refractivity contribution in [2.75, 3.05) is 6.54 Å². The summed E-state index contributed by atoms with van der Waals surface area (Å²) in [6, 6.07) is -0.990. The van der Waals surface area contributed by atoms with Crippen LogP contribution in [0, 0.1) is 0 Å². The Morgan fingerprint density at radius 2 is 2.08 bits per heavy atom. The van der Waals surface area contributed by atoms with Crippen molar-refractivity contribution in [1.29, 1.82) is 0 Å². The van der Waals surface area contributed by atoms with Gasteiger partial charge in [-0.15, -0.1) is 0 Å². The minimum atomic E-state index is -0.990. The second-order valence-electron chi connectivity index (χ2n) is 2.14. The summed E-state index contributed by atoms with van der Waals surface area (Å²) in [7, 11) is 0. The Balaban J connectivity index is 3.76. The maximum absolute atomic E-state index is 10.8. The Morgan fingerprint density at radius 1 is 1.50 bits per heavy atom. The van der Waals surface area contributed by atoms with Crippen LogP contribution in [-0.4, -0.2) is 30.7 Å². The molecule has 0 aromatic carbocycles. The third-order valence-corrected chi connectivity index (χ3v) is 1.09. The molecule has 0 saturated heterocycles. The van der Waals surface area contributed by atoms with Crippen LogP contribution in [0.3, 0.4) is 0 Å². The molecule has 0 bridgehead atoms. The highest BCUT2D eigenvalue weighted by Crippen LogP contribution is 1.85. The van der Waals surface area contributed by atoms with Crippen molar-refractivity contribution in [1.82, 2.24) is 5.32 Å². The average Bonchev–Trinajstić information content (AvgIpc) is 1.98. The van der Waals surface area contributed by atoms with E-state index in [1.54, 1.807) is 0 Å². The maximum Gasteiger partial charge on any atom is 0.237 e. The number of nitrogens with one attached hydrogen (secondary N) is 1. The summed E-state index contributed by atoms with van der Waals surface area (Å²) >= 11 is 0. The number of carbonyl (C=O) groups excluding carboxylic acids is 3. The normalized spacial score (nSPS) is 11.8. The van der Waals surface area contributed by atoms with Crippen molar-refractivity contribution in [2.45, 2.75) is 12.5 Å². The summed E-state index contributed by atoms with van der Waals surface area (Å²) in [4.78, 5) is 30.8. The van der Waals surface area contributed by atoms with Gasteiger partial charge in [0, 0.05) is 0 Å². The average molecular weight is 172 g/mol. The minimum absolute atomic E-state index is 0.231. The van der Waals surface area contributed by atoms with Crippen LogP contribution in [-0.2, 0) is 14.4 Å². The Bertz CT molecular complexity index is 192. The van der Waals surface area contributed by atoms with Crippen LogP contribution in [0.2, 0.25) is 0 Å². The third kappa shape index (κ3) is 4.40. The van der Waals surface area contributed by atoms with Crippen LogP contribution in [0.4, 0.5) is 0 Å². The van der Waals surface area contributed by atoms with Gasteiger partial charge in [0.15, 0.2) is 0 Å². The van der Waals surface area contributed by atoms with Gasteiger partial charge in [0.05, 0.1) is 19.0 Å². The lowest BCUT2D eigenvalue weighted by Crippen LogP contribution is -2.43. The highest BCUT2D eigenvalue weighted by atomic mass is 16.2. The number of carbonyl (C=O) groups is 2. The quantitative estimate of drug-likeness (QED) is 0.422. The largest absolute Gasteiger partial charge is 0.370 e.